The van der Waals surface area contributed by atoms with Crippen LogP contribution < -0.4 is 9.47 Å². The van der Waals surface area contributed by atoms with Gasteiger partial charge in [-0.05, 0) is 107 Å². The number of aromatic nitrogens is 4. The Morgan fingerprint density at radius 1 is 0.638 bits per heavy atom. The van der Waals surface area contributed by atoms with Crippen LogP contribution in [0.15, 0.2) is 48.5 Å². The van der Waals surface area contributed by atoms with E-state index in [1.54, 1.807) is 14.2 Å². The monoisotopic (exact) mass is 792 g/mol. The highest BCUT2D eigenvalue weighted by molar-refractivity contribution is 5.80. The number of para-hydroxylation sites is 2. The first-order chi connectivity index (χ1) is 28.4. The number of rotatable bonds is 13. The molecular weight excluding hydrogens is 729 g/mol. The van der Waals surface area contributed by atoms with E-state index in [1.165, 1.54) is 112 Å². The highest BCUT2D eigenvalue weighted by Crippen LogP contribution is 2.38. The topological polar surface area (TPSA) is 118 Å². The molecule has 58 heavy (non-hydrogen) atoms. The fourth-order valence-electron chi connectivity index (χ4n) is 10.2. The van der Waals surface area contributed by atoms with Crippen LogP contribution in [0.25, 0.3) is 0 Å². The standard InChI is InChI=1S/C25H34N2O3.C23H30N2O3/c1-3-30-25(28)21(19-13-8-10-16-24(19)29-2)17-22-20-14-7-9-15-23(20)27(26-22)18-11-5-4-6-12-18;1-28-22-14-8-6-11-17(22)19(23(26)27)15-20-18-12-5-7-13-21(18)25(24-20)16-9-3-2-4-10-16/h8,10,13,16,18,21H,3-7,9,11-12,14-15,17H2,1-2H3;6,8,11,14,16,19H,2-5,7,9-10,12-13,15H2,1H3,(H,26,27). The molecule has 4 aromatic rings. The van der Waals surface area contributed by atoms with Gasteiger partial charge in [0, 0.05) is 35.4 Å². The van der Waals surface area contributed by atoms with Gasteiger partial charge in [0.1, 0.15) is 11.5 Å². The Labute approximate surface area is 344 Å². The first-order valence-corrected chi connectivity index (χ1v) is 22.2. The quantitative estimate of drug-likeness (QED) is 0.133. The van der Waals surface area contributed by atoms with E-state index in [0.717, 1.165) is 53.9 Å². The van der Waals surface area contributed by atoms with Crippen molar-refractivity contribution < 1.29 is 28.9 Å². The Morgan fingerprint density at radius 3 is 1.52 bits per heavy atom. The fourth-order valence-corrected chi connectivity index (χ4v) is 10.2. The van der Waals surface area contributed by atoms with Crippen LogP contribution in [0.4, 0.5) is 0 Å². The third kappa shape index (κ3) is 9.31. The Kier molecular flexibility index (Phi) is 14.3. The zero-order valence-corrected chi connectivity index (χ0v) is 35.1. The molecule has 8 rings (SSSR count). The Hall–Kier alpha value is -4.60. The molecule has 2 aromatic heterocycles. The molecule has 2 aromatic carbocycles. The van der Waals surface area contributed by atoms with Crippen LogP contribution in [0.1, 0.15) is 166 Å². The van der Waals surface area contributed by atoms with Gasteiger partial charge in [-0.3, -0.25) is 19.0 Å². The number of esters is 1. The first kappa shape index (κ1) is 41.6. The molecule has 2 fully saturated rings. The van der Waals surface area contributed by atoms with Crippen molar-refractivity contribution in [3.63, 3.8) is 0 Å². The normalized spacial score (nSPS) is 18.2. The number of hydrogen-bond acceptors (Lipinski definition) is 7. The minimum atomic E-state index is -0.818. The van der Waals surface area contributed by atoms with Crippen molar-refractivity contribution >= 4 is 11.9 Å². The molecule has 4 aliphatic carbocycles. The van der Waals surface area contributed by atoms with E-state index in [-0.39, 0.29) is 5.97 Å². The molecule has 0 saturated heterocycles. The number of benzene rings is 2. The van der Waals surface area contributed by atoms with E-state index in [0.29, 0.717) is 37.3 Å². The van der Waals surface area contributed by atoms with E-state index in [9.17, 15) is 14.7 Å². The predicted molar refractivity (Wildman–Crippen MR) is 225 cm³/mol. The number of ether oxygens (including phenoxy) is 3. The molecule has 1 N–H and O–H groups in total. The highest BCUT2D eigenvalue weighted by Gasteiger charge is 2.33. The van der Waals surface area contributed by atoms with E-state index in [1.807, 2.05) is 55.5 Å². The summed E-state index contributed by atoms with van der Waals surface area (Å²) < 4.78 is 21.1. The number of carboxylic acid groups (broad SMARTS) is 1. The fraction of sp³-hybridized carbons (Fsp3) is 0.583. The number of fused-ring (bicyclic) bond motifs is 2. The summed E-state index contributed by atoms with van der Waals surface area (Å²) in [5.74, 6) is -0.689. The van der Waals surface area contributed by atoms with Gasteiger partial charge in [-0.25, -0.2) is 0 Å². The molecule has 0 radical (unpaired) electrons. The lowest BCUT2D eigenvalue weighted by molar-refractivity contribution is -0.145. The van der Waals surface area contributed by atoms with Crippen molar-refractivity contribution in [1.29, 1.82) is 0 Å². The molecular formula is C48H64N4O6. The smallest absolute Gasteiger partial charge is 0.313 e. The SMILES string of the molecule is CCOC(=O)C(Cc1nn(C2CCCCC2)c2c1CCCC2)c1ccccc1OC.COc1ccccc1C(Cc1nn(C2CCCCC2)c2c1CCCC2)C(=O)O. The van der Waals surface area contributed by atoms with Crippen LogP contribution >= 0.6 is 0 Å². The summed E-state index contributed by atoms with van der Waals surface area (Å²) in [6.45, 7) is 2.23. The van der Waals surface area contributed by atoms with Gasteiger partial charge < -0.3 is 19.3 Å². The van der Waals surface area contributed by atoms with E-state index in [4.69, 9.17) is 24.4 Å². The minimum absolute atomic E-state index is 0.196. The number of carbonyl (C=O) groups excluding carboxylic acids is 1. The van der Waals surface area contributed by atoms with E-state index >= 15 is 0 Å². The van der Waals surface area contributed by atoms with Crippen molar-refractivity contribution in [3.05, 3.63) is 93.6 Å². The number of methoxy groups -OCH3 is 2. The predicted octanol–water partition coefficient (Wildman–Crippen LogP) is 9.85. The lowest BCUT2D eigenvalue weighted by atomic mass is 9.88. The Bertz CT molecular complexity index is 1990. The van der Waals surface area contributed by atoms with Gasteiger partial charge in [-0.15, -0.1) is 0 Å². The molecule has 2 saturated carbocycles. The molecule has 0 spiro atoms. The molecule has 4 aliphatic rings. The Morgan fingerprint density at radius 2 is 1.07 bits per heavy atom. The van der Waals surface area contributed by atoms with Crippen molar-refractivity contribution in [2.45, 2.75) is 159 Å². The summed E-state index contributed by atoms with van der Waals surface area (Å²) in [7, 11) is 3.25. The largest absolute Gasteiger partial charge is 0.496 e. The zero-order valence-electron chi connectivity index (χ0n) is 35.1. The third-order valence-corrected chi connectivity index (χ3v) is 13.1. The average molecular weight is 793 g/mol. The maximum atomic E-state index is 13.0. The van der Waals surface area contributed by atoms with Crippen molar-refractivity contribution in [1.82, 2.24) is 19.6 Å². The number of carboxylic acids is 1. The van der Waals surface area contributed by atoms with Crippen LogP contribution in [0, 0.1) is 0 Å². The molecule has 10 heteroatoms. The van der Waals surface area contributed by atoms with Gasteiger partial charge in [-0.2, -0.15) is 10.2 Å². The van der Waals surface area contributed by atoms with Gasteiger partial charge in [0.05, 0.1) is 56.1 Å². The summed E-state index contributed by atoms with van der Waals surface area (Å²) in [6.07, 6.45) is 22.7. The second-order valence-corrected chi connectivity index (χ2v) is 16.7. The number of nitrogens with zero attached hydrogens (tertiary/aromatic N) is 4. The summed E-state index contributed by atoms with van der Waals surface area (Å²) in [5, 5.41) is 20.2. The average Bonchev–Trinajstić information content (AvgIpc) is 3.84. The summed E-state index contributed by atoms with van der Waals surface area (Å²) in [5.41, 5.74) is 9.18. The molecule has 312 valence electrons. The van der Waals surface area contributed by atoms with Gasteiger partial charge in [0.15, 0.2) is 0 Å². The number of hydrogen-bond donors (Lipinski definition) is 1. The summed E-state index contributed by atoms with van der Waals surface area (Å²) in [4.78, 5) is 25.1. The van der Waals surface area contributed by atoms with Crippen LogP contribution in [0.2, 0.25) is 0 Å². The lowest BCUT2D eigenvalue weighted by Gasteiger charge is -2.25. The Balaban J connectivity index is 0.000000177. The van der Waals surface area contributed by atoms with E-state index in [2.05, 4.69) is 9.36 Å². The third-order valence-electron chi connectivity index (χ3n) is 13.1. The number of aliphatic carboxylic acids is 1. The van der Waals surface area contributed by atoms with Gasteiger partial charge >= 0.3 is 11.9 Å². The minimum Gasteiger partial charge on any atom is -0.496 e. The van der Waals surface area contributed by atoms with Crippen LogP contribution in [-0.4, -0.2) is 57.4 Å². The number of carbonyl (C=O) groups is 2. The molecule has 10 nitrogen and oxygen atoms in total. The molecule has 0 amide bonds. The van der Waals surface area contributed by atoms with Gasteiger partial charge in [0.2, 0.25) is 0 Å². The first-order valence-electron chi connectivity index (χ1n) is 22.2. The van der Waals surface area contributed by atoms with Crippen molar-refractivity contribution in [2.24, 2.45) is 0 Å². The van der Waals surface area contributed by atoms with Crippen LogP contribution in [0.5, 0.6) is 11.5 Å². The van der Waals surface area contributed by atoms with Crippen LogP contribution in [0.3, 0.4) is 0 Å². The maximum Gasteiger partial charge on any atom is 0.313 e. The molecule has 2 atom stereocenters. The second kappa shape index (κ2) is 19.9. The van der Waals surface area contributed by atoms with Gasteiger partial charge in [0.25, 0.3) is 0 Å². The van der Waals surface area contributed by atoms with Crippen LogP contribution in [-0.2, 0) is 52.9 Å². The molecule has 2 heterocycles. The van der Waals surface area contributed by atoms with Crippen molar-refractivity contribution in [3.8, 4) is 11.5 Å². The van der Waals surface area contributed by atoms with Gasteiger partial charge in [-0.1, -0.05) is 74.9 Å². The molecule has 0 aliphatic heterocycles. The maximum absolute atomic E-state index is 13.0. The lowest BCUT2D eigenvalue weighted by Crippen LogP contribution is -2.20. The summed E-state index contributed by atoms with van der Waals surface area (Å²) in [6, 6.07) is 16.2. The zero-order chi connectivity index (χ0) is 40.4. The van der Waals surface area contributed by atoms with E-state index < -0.39 is 17.8 Å². The second-order valence-electron chi connectivity index (χ2n) is 16.7. The highest BCUT2D eigenvalue weighted by atomic mass is 16.5. The van der Waals surface area contributed by atoms with Crippen molar-refractivity contribution in [2.75, 3.05) is 20.8 Å². The summed E-state index contributed by atoms with van der Waals surface area (Å²) >= 11 is 0. The molecule has 2 unspecified atom stereocenters. The molecule has 0 bridgehead atoms.